The molecule has 1 atom stereocenters. The van der Waals surface area contributed by atoms with Crippen molar-refractivity contribution in [2.24, 2.45) is 0 Å². The first-order valence-electron chi connectivity index (χ1n) is 6.16. The van der Waals surface area contributed by atoms with Gasteiger partial charge >= 0.3 is 0 Å². The van der Waals surface area contributed by atoms with Crippen molar-refractivity contribution in [1.29, 1.82) is 0 Å². The predicted molar refractivity (Wildman–Crippen MR) is 68.7 cm³/mol. The van der Waals surface area contributed by atoms with Gasteiger partial charge in [0.2, 0.25) is 0 Å². The molecule has 0 aliphatic heterocycles. The molecule has 0 spiro atoms. The van der Waals surface area contributed by atoms with E-state index in [4.69, 9.17) is 0 Å². The van der Waals surface area contributed by atoms with E-state index < -0.39 is 0 Å². The fraction of sp³-hybridized carbons (Fsp3) is 0.500. The van der Waals surface area contributed by atoms with Gasteiger partial charge in [-0.15, -0.1) is 0 Å². The first-order valence-corrected chi connectivity index (χ1v) is 6.16. The maximum atomic E-state index is 4.33. The number of fused-ring (bicyclic) bond motifs is 1. The number of aromatic nitrogens is 2. The molecule has 0 saturated carbocycles. The number of unbranched alkanes of at least 4 members (excludes halogenated alkanes) is 1. The Morgan fingerprint density at radius 1 is 1.38 bits per heavy atom. The highest BCUT2D eigenvalue weighted by Gasteiger charge is 2.08. The minimum atomic E-state index is 0.583. The number of rotatable bonds is 4. The van der Waals surface area contributed by atoms with E-state index in [-0.39, 0.29) is 0 Å². The Labute approximate surface area is 97.3 Å². The zero-order valence-electron chi connectivity index (χ0n) is 10.4. The van der Waals surface area contributed by atoms with Crippen LogP contribution in [0, 0.1) is 6.92 Å². The van der Waals surface area contributed by atoms with E-state index in [0.717, 1.165) is 5.69 Å². The lowest BCUT2D eigenvalue weighted by atomic mass is 10.1. The molecule has 0 bridgehead atoms. The zero-order valence-corrected chi connectivity index (χ0v) is 10.4. The van der Waals surface area contributed by atoms with Crippen LogP contribution in [0.3, 0.4) is 0 Å². The molecule has 0 aliphatic rings. The molecule has 0 radical (unpaired) electrons. The summed E-state index contributed by atoms with van der Waals surface area (Å²) in [6, 6.07) is 4.88. The van der Waals surface area contributed by atoms with Crippen LogP contribution in [0.1, 0.15) is 44.8 Å². The molecule has 1 unspecified atom stereocenters. The van der Waals surface area contributed by atoms with Gasteiger partial charge in [-0.2, -0.15) is 0 Å². The third-order valence-electron chi connectivity index (χ3n) is 3.30. The quantitative estimate of drug-likeness (QED) is 0.752. The third kappa shape index (κ3) is 1.97. The van der Waals surface area contributed by atoms with E-state index in [1.807, 2.05) is 6.20 Å². The lowest BCUT2D eigenvalue weighted by molar-refractivity contribution is 0.498. The van der Waals surface area contributed by atoms with Crippen molar-refractivity contribution in [3.63, 3.8) is 0 Å². The fourth-order valence-electron chi connectivity index (χ4n) is 2.25. The van der Waals surface area contributed by atoms with Gasteiger partial charge in [0, 0.05) is 29.5 Å². The highest BCUT2D eigenvalue weighted by atomic mass is 15.0. The van der Waals surface area contributed by atoms with E-state index >= 15 is 0 Å². The predicted octanol–water partition coefficient (Wildman–Crippen LogP) is 4.10. The summed E-state index contributed by atoms with van der Waals surface area (Å²) in [5.41, 5.74) is 2.44. The minimum absolute atomic E-state index is 0.583. The zero-order chi connectivity index (χ0) is 11.5. The Bertz CT molecular complexity index is 471. The molecule has 2 aromatic heterocycles. The van der Waals surface area contributed by atoms with Crippen LogP contribution in [0.4, 0.5) is 0 Å². The molecule has 0 amide bonds. The first-order chi connectivity index (χ1) is 7.74. The van der Waals surface area contributed by atoms with Gasteiger partial charge in [-0.1, -0.05) is 19.8 Å². The Morgan fingerprint density at radius 2 is 2.19 bits per heavy atom. The third-order valence-corrected chi connectivity index (χ3v) is 3.30. The molecular weight excluding hydrogens is 196 g/mol. The Hall–Kier alpha value is -1.31. The second-order valence-electron chi connectivity index (χ2n) is 4.54. The molecule has 0 aliphatic carbocycles. The van der Waals surface area contributed by atoms with Crippen LogP contribution < -0.4 is 0 Å². The summed E-state index contributed by atoms with van der Waals surface area (Å²) in [7, 11) is 0. The minimum Gasteiger partial charge on any atom is -0.345 e. The monoisotopic (exact) mass is 216 g/mol. The summed E-state index contributed by atoms with van der Waals surface area (Å²) >= 11 is 0. The van der Waals surface area contributed by atoms with Crippen LogP contribution in [-0.4, -0.2) is 9.55 Å². The summed E-state index contributed by atoms with van der Waals surface area (Å²) < 4.78 is 2.37. The highest BCUT2D eigenvalue weighted by molar-refractivity contribution is 5.82. The molecule has 0 aromatic carbocycles. The van der Waals surface area contributed by atoms with Crippen LogP contribution in [0.25, 0.3) is 10.9 Å². The van der Waals surface area contributed by atoms with Crippen molar-refractivity contribution in [3.8, 4) is 0 Å². The topological polar surface area (TPSA) is 17.8 Å². The van der Waals surface area contributed by atoms with Crippen molar-refractivity contribution in [3.05, 3.63) is 30.2 Å². The van der Waals surface area contributed by atoms with E-state index in [2.05, 4.69) is 48.7 Å². The summed E-state index contributed by atoms with van der Waals surface area (Å²) in [6.45, 7) is 6.61. The number of hydrogen-bond acceptors (Lipinski definition) is 1. The Kier molecular flexibility index (Phi) is 3.28. The lowest BCUT2D eigenvalue weighted by Gasteiger charge is -2.14. The Balaban J connectivity index is 2.34. The summed E-state index contributed by atoms with van der Waals surface area (Å²) in [6.07, 6.45) is 7.91. The van der Waals surface area contributed by atoms with Gasteiger partial charge in [0.1, 0.15) is 0 Å². The molecule has 0 saturated heterocycles. The van der Waals surface area contributed by atoms with Gasteiger partial charge in [0.05, 0.1) is 5.52 Å². The van der Waals surface area contributed by atoms with E-state index in [1.54, 1.807) is 0 Å². The van der Waals surface area contributed by atoms with E-state index in [9.17, 15) is 0 Å². The smallest absolute Gasteiger partial charge is 0.0516 e. The molecule has 2 heteroatoms. The maximum Gasteiger partial charge on any atom is 0.0516 e. The summed E-state index contributed by atoms with van der Waals surface area (Å²) in [4.78, 5) is 4.33. The molecule has 0 N–H and O–H groups in total. The molecule has 86 valence electrons. The number of hydrogen-bond donors (Lipinski definition) is 0. The Morgan fingerprint density at radius 3 is 2.94 bits per heavy atom. The first kappa shape index (κ1) is 11.2. The van der Waals surface area contributed by atoms with Crippen molar-refractivity contribution < 1.29 is 0 Å². The van der Waals surface area contributed by atoms with Crippen LogP contribution in [0.15, 0.2) is 24.5 Å². The fourth-order valence-corrected chi connectivity index (χ4v) is 2.25. The van der Waals surface area contributed by atoms with Crippen molar-refractivity contribution >= 4 is 10.9 Å². The van der Waals surface area contributed by atoms with Gasteiger partial charge in [0.15, 0.2) is 0 Å². The molecule has 0 fully saturated rings. The molecule has 2 aromatic rings. The van der Waals surface area contributed by atoms with Crippen LogP contribution in [0.5, 0.6) is 0 Å². The van der Waals surface area contributed by atoms with Gasteiger partial charge in [-0.05, 0) is 32.4 Å². The van der Waals surface area contributed by atoms with Crippen molar-refractivity contribution in [1.82, 2.24) is 9.55 Å². The van der Waals surface area contributed by atoms with E-state index in [0.29, 0.717) is 6.04 Å². The molecule has 2 rings (SSSR count). The SMILES string of the molecule is CCCCC(C)n1ccc2c(C)nccc21. The second kappa shape index (κ2) is 4.69. The average molecular weight is 216 g/mol. The highest BCUT2D eigenvalue weighted by Crippen LogP contribution is 2.24. The van der Waals surface area contributed by atoms with Gasteiger partial charge < -0.3 is 4.57 Å². The van der Waals surface area contributed by atoms with Crippen molar-refractivity contribution in [2.75, 3.05) is 0 Å². The summed E-state index contributed by atoms with van der Waals surface area (Å²) in [5.74, 6) is 0. The van der Waals surface area contributed by atoms with Crippen LogP contribution in [-0.2, 0) is 0 Å². The second-order valence-corrected chi connectivity index (χ2v) is 4.54. The lowest BCUT2D eigenvalue weighted by Crippen LogP contribution is -2.03. The number of pyridine rings is 1. The molecule has 2 heterocycles. The van der Waals surface area contributed by atoms with Gasteiger partial charge in [-0.25, -0.2) is 0 Å². The summed E-state index contributed by atoms with van der Waals surface area (Å²) in [5, 5.41) is 1.28. The molecular formula is C14H20N2. The normalized spacial score (nSPS) is 13.2. The largest absolute Gasteiger partial charge is 0.345 e. The standard InChI is InChI=1S/C14H20N2/c1-4-5-6-11(2)16-10-8-13-12(3)15-9-7-14(13)16/h7-11H,4-6H2,1-3H3. The van der Waals surface area contributed by atoms with Gasteiger partial charge in [0.25, 0.3) is 0 Å². The molecule has 16 heavy (non-hydrogen) atoms. The number of aryl methyl sites for hydroxylation is 1. The van der Waals surface area contributed by atoms with E-state index in [1.165, 1.54) is 30.2 Å². The van der Waals surface area contributed by atoms with Crippen LogP contribution in [0.2, 0.25) is 0 Å². The average Bonchev–Trinajstić information content (AvgIpc) is 2.71. The van der Waals surface area contributed by atoms with Gasteiger partial charge in [-0.3, -0.25) is 4.98 Å². The maximum absolute atomic E-state index is 4.33. The number of nitrogens with zero attached hydrogens (tertiary/aromatic N) is 2. The molecule has 2 nitrogen and oxygen atoms in total. The van der Waals surface area contributed by atoms with Crippen LogP contribution >= 0.6 is 0 Å². The van der Waals surface area contributed by atoms with Crippen molar-refractivity contribution in [2.45, 2.75) is 46.1 Å².